The lowest BCUT2D eigenvalue weighted by molar-refractivity contribution is -0.190. The lowest BCUT2D eigenvalue weighted by atomic mass is 9.57. The van der Waals surface area contributed by atoms with Gasteiger partial charge >= 0.3 is 5.97 Å². The number of ether oxygens (including phenoxy) is 1. The van der Waals surface area contributed by atoms with E-state index in [1.165, 1.54) is 6.42 Å². The number of aliphatic hydroxyl groups is 1. The lowest BCUT2D eigenvalue weighted by Crippen LogP contribution is -2.53. The van der Waals surface area contributed by atoms with Crippen molar-refractivity contribution < 1.29 is 14.6 Å². The van der Waals surface area contributed by atoms with Crippen LogP contribution in [0.15, 0.2) is 0 Å². The molecule has 4 atom stereocenters. The maximum atomic E-state index is 12.7. The van der Waals surface area contributed by atoms with Gasteiger partial charge in [-0.1, -0.05) is 6.92 Å². The summed E-state index contributed by atoms with van der Waals surface area (Å²) in [5.74, 6) is 1.18. The monoisotopic (exact) mass is 336 g/mol. The van der Waals surface area contributed by atoms with Crippen molar-refractivity contribution >= 4 is 5.97 Å². The van der Waals surface area contributed by atoms with Crippen LogP contribution < -0.4 is 0 Å². The minimum atomic E-state index is -0.655. The third kappa shape index (κ3) is 2.29. The normalized spacial score (nSPS) is 38.7. The first kappa shape index (κ1) is 18.2. The summed E-state index contributed by atoms with van der Waals surface area (Å²) in [4.78, 5) is 12.7. The summed E-state index contributed by atoms with van der Waals surface area (Å²) in [7, 11) is 0. The maximum absolute atomic E-state index is 12.7. The predicted octanol–water partition coefficient (Wildman–Crippen LogP) is 4.71. The summed E-state index contributed by atoms with van der Waals surface area (Å²) < 4.78 is 6.16. The summed E-state index contributed by atoms with van der Waals surface area (Å²) in [5, 5.41) is 10.9. The van der Waals surface area contributed by atoms with Gasteiger partial charge in [0.2, 0.25) is 0 Å². The Morgan fingerprint density at radius 2 is 1.75 bits per heavy atom. The average molecular weight is 337 g/mol. The number of esters is 1. The highest BCUT2D eigenvalue weighted by Gasteiger charge is 2.72. The number of hydrogen-bond donors (Lipinski definition) is 1. The fourth-order valence-corrected chi connectivity index (χ4v) is 6.19. The van der Waals surface area contributed by atoms with Crippen molar-refractivity contribution in [3.8, 4) is 0 Å². The molecular weight excluding hydrogens is 300 g/mol. The third-order valence-corrected chi connectivity index (χ3v) is 8.30. The molecule has 138 valence electrons. The van der Waals surface area contributed by atoms with E-state index in [1.807, 2.05) is 34.6 Å². The molecule has 0 radical (unpaired) electrons. The Hall–Kier alpha value is -0.570. The molecule has 4 bridgehead atoms. The van der Waals surface area contributed by atoms with Gasteiger partial charge in [-0.2, -0.15) is 0 Å². The molecule has 4 saturated carbocycles. The van der Waals surface area contributed by atoms with Crippen LogP contribution in [0.25, 0.3) is 0 Å². The zero-order valence-corrected chi connectivity index (χ0v) is 16.7. The van der Waals surface area contributed by atoms with Gasteiger partial charge in [-0.3, -0.25) is 4.79 Å². The summed E-state index contributed by atoms with van der Waals surface area (Å²) in [6, 6.07) is 0. The van der Waals surface area contributed by atoms with Gasteiger partial charge in [0.15, 0.2) is 0 Å². The Bertz CT molecular complexity index is 542. The van der Waals surface area contributed by atoms with Gasteiger partial charge in [0.25, 0.3) is 0 Å². The SMILES string of the molecule is CCC(C)(C)C(=O)OC(C)(C)C12CC3CC(C1)C(C(C)(C)O)(C3)C2. The fourth-order valence-electron chi connectivity index (χ4n) is 6.19. The summed E-state index contributed by atoms with van der Waals surface area (Å²) in [6.07, 6.45) is 6.42. The van der Waals surface area contributed by atoms with E-state index in [1.54, 1.807) is 0 Å². The second-order valence-electron chi connectivity index (χ2n) is 10.7. The number of hydrogen-bond acceptors (Lipinski definition) is 3. The summed E-state index contributed by atoms with van der Waals surface area (Å²) >= 11 is 0. The first-order valence-electron chi connectivity index (χ1n) is 9.74. The molecule has 0 heterocycles. The van der Waals surface area contributed by atoms with Crippen molar-refractivity contribution in [3.05, 3.63) is 0 Å². The van der Waals surface area contributed by atoms with E-state index in [0.29, 0.717) is 11.8 Å². The van der Waals surface area contributed by atoms with E-state index in [0.717, 1.165) is 32.1 Å². The molecule has 1 N–H and O–H groups in total. The first-order chi connectivity index (χ1) is 10.8. The molecule has 4 rings (SSSR count). The van der Waals surface area contributed by atoms with Crippen molar-refractivity contribution in [2.24, 2.45) is 28.1 Å². The topological polar surface area (TPSA) is 46.5 Å². The van der Waals surface area contributed by atoms with Gasteiger partial charge in [-0.05, 0) is 91.9 Å². The molecule has 4 aliphatic carbocycles. The van der Waals surface area contributed by atoms with Crippen LogP contribution in [-0.2, 0) is 9.53 Å². The molecule has 24 heavy (non-hydrogen) atoms. The number of carbonyl (C=O) groups is 1. The van der Waals surface area contributed by atoms with Crippen LogP contribution in [0.5, 0.6) is 0 Å². The standard InChI is InChI=1S/C21H36O3/c1-8-17(2,3)16(22)24-19(6,7)20-10-14-9-15(12-20)21(11-14,13-20)18(4,5)23/h14-15,23H,8-13H2,1-7H3. The van der Waals surface area contributed by atoms with Crippen molar-refractivity contribution in [2.75, 3.05) is 0 Å². The Morgan fingerprint density at radius 1 is 1.12 bits per heavy atom. The predicted molar refractivity (Wildman–Crippen MR) is 95.5 cm³/mol. The Labute approximate surface area is 147 Å². The van der Waals surface area contributed by atoms with Crippen molar-refractivity contribution in [1.82, 2.24) is 0 Å². The molecule has 0 amide bonds. The smallest absolute Gasteiger partial charge is 0.312 e. The van der Waals surface area contributed by atoms with E-state index in [2.05, 4.69) is 13.8 Å². The Morgan fingerprint density at radius 3 is 2.25 bits per heavy atom. The van der Waals surface area contributed by atoms with Crippen molar-refractivity contribution in [3.63, 3.8) is 0 Å². The van der Waals surface area contributed by atoms with Crippen LogP contribution >= 0.6 is 0 Å². The zero-order chi connectivity index (χ0) is 18.2. The highest BCUT2D eigenvalue weighted by molar-refractivity contribution is 5.76. The second kappa shape index (κ2) is 4.99. The largest absolute Gasteiger partial charge is 0.459 e. The molecule has 4 aliphatic rings. The van der Waals surface area contributed by atoms with Crippen molar-refractivity contribution in [2.45, 2.75) is 98.2 Å². The zero-order valence-electron chi connectivity index (χ0n) is 16.7. The number of carbonyl (C=O) groups excluding carboxylic acids is 1. The average Bonchev–Trinajstić information content (AvgIpc) is 2.83. The first-order valence-corrected chi connectivity index (χ1v) is 9.74. The third-order valence-electron chi connectivity index (χ3n) is 8.30. The van der Waals surface area contributed by atoms with Gasteiger partial charge in [0.05, 0.1) is 11.0 Å². The molecule has 3 nitrogen and oxygen atoms in total. The van der Waals surface area contributed by atoms with Crippen LogP contribution in [0.4, 0.5) is 0 Å². The fraction of sp³-hybridized carbons (Fsp3) is 0.952. The van der Waals surface area contributed by atoms with E-state index in [4.69, 9.17) is 4.74 Å². The van der Waals surface area contributed by atoms with Gasteiger partial charge in [0.1, 0.15) is 5.60 Å². The quantitative estimate of drug-likeness (QED) is 0.739. The molecule has 0 aromatic carbocycles. The molecule has 0 saturated heterocycles. The molecule has 3 heteroatoms. The molecular formula is C21H36O3. The van der Waals surface area contributed by atoms with E-state index in [9.17, 15) is 9.90 Å². The van der Waals surface area contributed by atoms with Crippen LogP contribution in [0, 0.1) is 28.1 Å². The molecule has 0 spiro atoms. The molecule has 0 aliphatic heterocycles. The molecule has 0 aromatic rings. The Balaban J connectivity index is 1.89. The van der Waals surface area contributed by atoms with Crippen LogP contribution in [-0.4, -0.2) is 22.3 Å². The molecule has 4 fully saturated rings. The van der Waals surface area contributed by atoms with Gasteiger partial charge < -0.3 is 9.84 Å². The van der Waals surface area contributed by atoms with Crippen LogP contribution in [0.2, 0.25) is 0 Å². The van der Waals surface area contributed by atoms with E-state index in [-0.39, 0.29) is 16.8 Å². The van der Waals surface area contributed by atoms with Crippen LogP contribution in [0.1, 0.15) is 87.0 Å². The summed E-state index contributed by atoms with van der Waals surface area (Å²) in [6.45, 7) is 14.2. The minimum Gasteiger partial charge on any atom is -0.459 e. The van der Waals surface area contributed by atoms with Crippen LogP contribution in [0.3, 0.4) is 0 Å². The molecule has 4 unspecified atom stereocenters. The lowest BCUT2D eigenvalue weighted by Gasteiger charge is -2.52. The van der Waals surface area contributed by atoms with Gasteiger partial charge in [-0.15, -0.1) is 0 Å². The molecule has 0 aromatic heterocycles. The Kier molecular flexibility index (Phi) is 3.79. The highest BCUT2D eigenvalue weighted by atomic mass is 16.6. The van der Waals surface area contributed by atoms with Gasteiger partial charge in [-0.25, -0.2) is 0 Å². The van der Waals surface area contributed by atoms with Crippen molar-refractivity contribution in [1.29, 1.82) is 0 Å². The second-order valence-corrected chi connectivity index (χ2v) is 10.7. The summed E-state index contributed by atoms with van der Waals surface area (Å²) in [5.41, 5.74) is -1.52. The minimum absolute atomic E-state index is 0.0138. The van der Waals surface area contributed by atoms with E-state index < -0.39 is 16.6 Å². The maximum Gasteiger partial charge on any atom is 0.312 e. The van der Waals surface area contributed by atoms with Gasteiger partial charge in [0, 0.05) is 10.8 Å². The number of rotatable bonds is 5. The highest BCUT2D eigenvalue weighted by Crippen LogP contribution is 2.76. The van der Waals surface area contributed by atoms with E-state index >= 15 is 0 Å².